The summed E-state index contributed by atoms with van der Waals surface area (Å²) in [4.78, 5) is -0.316. The van der Waals surface area contributed by atoms with E-state index in [4.69, 9.17) is 23.2 Å². The molecule has 0 aliphatic rings. The highest BCUT2D eigenvalue weighted by atomic mass is 35.5. The van der Waals surface area contributed by atoms with Gasteiger partial charge in [-0.1, -0.05) is 29.3 Å². The van der Waals surface area contributed by atoms with Crippen LogP contribution in [0, 0.1) is 5.82 Å². The van der Waals surface area contributed by atoms with E-state index >= 15 is 0 Å². The van der Waals surface area contributed by atoms with Crippen LogP contribution < -0.4 is 4.72 Å². The van der Waals surface area contributed by atoms with Gasteiger partial charge in [-0.05, 0) is 30.3 Å². The molecule has 0 spiro atoms. The second kappa shape index (κ2) is 6.87. The lowest BCUT2D eigenvalue weighted by Gasteiger charge is -2.11. The molecule has 3 nitrogen and oxygen atoms in total. The van der Waals surface area contributed by atoms with Crippen molar-refractivity contribution in [2.24, 2.45) is 0 Å². The van der Waals surface area contributed by atoms with Crippen LogP contribution in [0.25, 0.3) is 0 Å². The Morgan fingerprint density at radius 3 is 2.29 bits per heavy atom. The first kappa shape index (κ1) is 19.0. The van der Waals surface area contributed by atoms with Crippen molar-refractivity contribution < 1.29 is 26.0 Å². The van der Waals surface area contributed by atoms with Gasteiger partial charge in [0.15, 0.2) is 0 Å². The highest BCUT2D eigenvalue weighted by Gasteiger charge is 2.31. The number of alkyl halides is 3. The summed E-state index contributed by atoms with van der Waals surface area (Å²) in [6.45, 7) is -0.546. The van der Waals surface area contributed by atoms with Crippen molar-refractivity contribution in [2.45, 2.75) is 17.6 Å². The minimum absolute atomic E-state index is 0.0974. The second-order valence-electron chi connectivity index (χ2n) is 4.70. The predicted octanol–water partition coefficient (Wildman–Crippen LogP) is 4.63. The minimum Gasteiger partial charge on any atom is -0.207 e. The molecule has 0 radical (unpaired) electrons. The highest BCUT2D eigenvalue weighted by molar-refractivity contribution is 7.89. The molecule has 1 N–H and O–H groups in total. The highest BCUT2D eigenvalue weighted by Crippen LogP contribution is 2.30. The average Bonchev–Trinajstić information content (AvgIpc) is 2.47. The van der Waals surface area contributed by atoms with Gasteiger partial charge in [-0.2, -0.15) is 13.2 Å². The van der Waals surface area contributed by atoms with E-state index in [2.05, 4.69) is 4.72 Å². The van der Waals surface area contributed by atoms with Crippen molar-refractivity contribution in [3.63, 3.8) is 0 Å². The molecule has 0 aromatic heterocycles. The first-order chi connectivity index (χ1) is 11.0. The van der Waals surface area contributed by atoms with E-state index in [1.807, 2.05) is 0 Å². The fourth-order valence-electron chi connectivity index (χ4n) is 1.80. The topological polar surface area (TPSA) is 46.2 Å². The van der Waals surface area contributed by atoms with E-state index in [1.165, 1.54) is 12.1 Å². The Morgan fingerprint density at radius 2 is 1.71 bits per heavy atom. The summed E-state index contributed by atoms with van der Waals surface area (Å²) in [6.07, 6.45) is -4.69. The second-order valence-corrected chi connectivity index (χ2v) is 7.28. The zero-order valence-electron chi connectivity index (χ0n) is 11.7. The summed E-state index contributed by atoms with van der Waals surface area (Å²) < 4.78 is 77.5. The van der Waals surface area contributed by atoms with E-state index < -0.39 is 34.1 Å². The lowest BCUT2D eigenvalue weighted by atomic mass is 10.1. The van der Waals surface area contributed by atoms with E-state index in [9.17, 15) is 26.0 Å². The predicted molar refractivity (Wildman–Crippen MR) is 81.9 cm³/mol. The maximum absolute atomic E-state index is 13.7. The molecule has 0 aliphatic heterocycles. The quantitative estimate of drug-likeness (QED) is 0.759. The molecule has 0 atom stereocenters. The molecular formula is C14H9Cl2F4NO2S. The lowest BCUT2D eigenvalue weighted by Crippen LogP contribution is -2.24. The largest absolute Gasteiger partial charge is 0.416 e. The molecule has 2 rings (SSSR count). The van der Waals surface area contributed by atoms with Gasteiger partial charge in [0.05, 0.1) is 10.6 Å². The van der Waals surface area contributed by atoms with E-state index in [0.29, 0.717) is 12.1 Å². The van der Waals surface area contributed by atoms with Crippen molar-refractivity contribution in [1.29, 1.82) is 0 Å². The Bertz CT molecular complexity index is 870. The van der Waals surface area contributed by atoms with Crippen molar-refractivity contribution in [3.8, 4) is 0 Å². The van der Waals surface area contributed by atoms with Crippen molar-refractivity contribution in [1.82, 2.24) is 4.72 Å². The number of halogens is 6. The zero-order chi connectivity index (χ0) is 18.1. The molecule has 0 bridgehead atoms. The van der Waals surface area contributed by atoms with Gasteiger partial charge in [-0.25, -0.2) is 17.5 Å². The molecule has 2 aromatic carbocycles. The van der Waals surface area contributed by atoms with Gasteiger partial charge >= 0.3 is 6.18 Å². The lowest BCUT2D eigenvalue weighted by molar-refractivity contribution is -0.137. The van der Waals surface area contributed by atoms with Crippen molar-refractivity contribution >= 4 is 33.2 Å². The van der Waals surface area contributed by atoms with Gasteiger partial charge < -0.3 is 0 Å². The number of hydrogen-bond donors (Lipinski definition) is 1. The third-order valence-electron chi connectivity index (χ3n) is 3.02. The van der Waals surface area contributed by atoms with Gasteiger partial charge in [0.25, 0.3) is 0 Å². The van der Waals surface area contributed by atoms with Crippen LogP contribution in [-0.4, -0.2) is 8.42 Å². The maximum Gasteiger partial charge on any atom is 0.416 e. The normalized spacial score (nSPS) is 12.4. The van der Waals surface area contributed by atoms with Crippen LogP contribution in [-0.2, 0) is 22.7 Å². The molecule has 2 aromatic rings. The van der Waals surface area contributed by atoms with Gasteiger partial charge in [0.2, 0.25) is 10.0 Å². The molecule has 24 heavy (non-hydrogen) atoms. The molecule has 130 valence electrons. The van der Waals surface area contributed by atoms with Gasteiger partial charge in [-0.3, -0.25) is 0 Å². The number of nitrogens with one attached hydrogen (secondary N) is 1. The first-order valence-corrected chi connectivity index (χ1v) is 8.55. The summed E-state index contributed by atoms with van der Waals surface area (Å²) in [5.74, 6) is -1.18. The minimum atomic E-state index is -4.69. The van der Waals surface area contributed by atoms with Crippen LogP contribution in [0.5, 0.6) is 0 Å². The number of rotatable bonds is 4. The SMILES string of the molecule is O=S(=O)(NCc1ccc(C(F)(F)F)cc1F)c1cc(Cl)ccc1Cl. The molecule has 0 amide bonds. The first-order valence-electron chi connectivity index (χ1n) is 6.31. The monoisotopic (exact) mass is 401 g/mol. The Kier molecular flexibility index (Phi) is 5.44. The van der Waals surface area contributed by atoms with Crippen molar-refractivity contribution in [2.75, 3.05) is 0 Å². The van der Waals surface area contributed by atoms with E-state index in [-0.39, 0.29) is 20.5 Å². The van der Waals surface area contributed by atoms with Gasteiger partial charge in [0.1, 0.15) is 10.7 Å². The summed E-state index contributed by atoms with van der Waals surface area (Å²) in [5.41, 5.74) is -1.41. The Hall–Kier alpha value is -1.35. The Labute approximate surface area is 145 Å². The van der Waals surface area contributed by atoms with Crippen LogP contribution in [0.3, 0.4) is 0 Å². The molecular weight excluding hydrogens is 393 g/mol. The Balaban J connectivity index is 2.23. The molecule has 0 unspecified atom stereocenters. The van der Waals surface area contributed by atoms with Crippen LogP contribution in [0.2, 0.25) is 10.0 Å². The van der Waals surface area contributed by atoms with E-state index in [1.54, 1.807) is 0 Å². The Morgan fingerprint density at radius 1 is 1.04 bits per heavy atom. The fraction of sp³-hybridized carbons (Fsp3) is 0.143. The van der Waals surface area contributed by atoms with Crippen LogP contribution in [0.4, 0.5) is 17.6 Å². The summed E-state index contributed by atoms with van der Waals surface area (Å²) in [7, 11) is -4.12. The molecule has 0 fully saturated rings. The standard InChI is InChI=1S/C14H9Cl2F4NO2S/c15-10-3-4-11(16)13(6-10)24(22,23)21-7-8-1-2-9(5-12(8)17)14(18,19)20/h1-6,21H,7H2. The summed E-state index contributed by atoms with van der Waals surface area (Å²) >= 11 is 11.5. The zero-order valence-corrected chi connectivity index (χ0v) is 14.0. The molecule has 0 heterocycles. The summed E-state index contributed by atoms with van der Waals surface area (Å²) in [6, 6.07) is 5.60. The third-order valence-corrected chi connectivity index (χ3v) is 5.13. The van der Waals surface area contributed by atoms with Crippen LogP contribution >= 0.6 is 23.2 Å². The van der Waals surface area contributed by atoms with Crippen LogP contribution in [0.1, 0.15) is 11.1 Å². The van der Waals surface area contributed by atoms with E-state index in [0.717, 1.165) is 12.1 Å². The smallest absolute Gasteiger partial charge is 0.207 e. The number of hydrogen-bond acceptors (Lipinski definition) is 2. The molecule has 0 saturated carbocycles. The van der Waals surface area contributed by atoms with Gasteiger partial charge in [0, 0.05) is 17.1 Å². The average molecular weight is 402 g/mol. The van der Waals surface area contributed by atoms with Crippen molar-refractivity contribution in [3.05, 3.63) is 63.4 Å². The molecule has 0 aliphatic carbocycles. The number of benzene rings is 2. The molecule has 0 saturated heterocycles. The maximum atomic E-state index is 13.7. The number of sulfonamides is 1. The fourth-order valence-corrected chi connectivity index (χ4v) is 3.57. The molecule has 10 heteroatoms. The summed E-state index contributed by atoms with van der Waals surface area (Å²) in [5, 5.41) is 0.0280. The van der Waals surface area contributed by atoms with Gasteiger partial charge in [-0.15, -0.1) is 0 Å². The third kappa shape index (κ3) is 4.38. The van der Waals surface area contributed by atoms with Crippen LogP contribution in [0.15, 0.2) is 41.3 Å².